The van der Waals surface area contributed by atoms with E-state index in [-0.39, 0.29) is 5.91 Å². The number of carbonyl (C=O) groups excluding carboxylic acids is 1. The van der Waals surface area contributed by atoms with Gasteiger partial charge in [-0.25, -0.2) is 4.98 Å². The van der Waals surface area contributed by atoms with Gasteiger partial charge in [0, 0.05) is 19.6 Å². The summed E-state index contributed by atoms with van der Waals surface area (Å²) in [7, 11) is 0. The fraction of sp³-hybridized carbons (Fsp3) is 0.308. The molecule has 164 valence electrons. The van der Waals surface area contributed by atoms with Crippen LogP contribution in [0.25, 0.3) is 21.0 Å². The minimum Gasteiger partial charge on any atom is -0.355 e. The molecule has 0 spiro atoms. The first-order chi connectivity index (χ1) is 15.7. The number of rotatable bonds is 7. The lowest BCUT2D eigenvalue weighted by Crippen LogP contribution is -2.41. The van der Waals surface area contributed by atoms with Crippen molar-refractivity contribution in [2.24, 2.45) is 5.92 Å². The van der Waals surface area contributed by atoms with Crippen molar-refractivity contribution >= 4 is 50.0 Å². The number of carbonyl (C=O) groups is 1. The second-order valence-electron chi connectivity index (χ2n) is 8.42. The first-order valence-corrected chi connectivity index (χ1v) is 13.0. The number of piperidine rings is 1. The van der Waals surface area contributed by atoms with Crippen molar-refractivity contribution in [2.45, 2.75) is 23.7 Å². The number of hydrogen-bond acceptors (Lipinski definition) is 5. The average Bonchev–Trinajstić information content (AvgIpc) is 3.25. The Labute approximate surface area is 197 Å². The van der Waals surface area contributed by atoms with Gasteiger partial charge >= 0.3 is 0 Å². The van der Waals surface area contributed by atoms with Gasteiger partial charge in [-0.15, -0.1) is 11.3 Å². The fourth-order valence-electron chi connectivity index (χ4n) is 4.48. The molecule has 3 aromatic carbocycles. The monoisotopic (exact) mass is 461 g/mol. The Balaban J connectivity index is 1.11. The van der Waals surface area contributed by atoms with Crippen LogP contribution in [0, 0.1) is 5.92 Å². The molecule has 0 aliphatic carbocycles. The number of amides is 1. The number of fused-ring (bicyclic) bond motifs is 2. The first kappa shape index (κ1) is 21.4. The summed E-state index contributed by atoms with van der Waals surface area (Å²) < 4.78 is 2.13. The molecule has 1 fully saturated rings. The molecule has 1 aliphatic heterocycles. The molecule has 6 heteroatoms. The van der Waals surface area contributed by atoms with Crippen LogP contribution in [0.3, 0.4) is 0 Å². The molecule has 0 saturated carbocycles. The van der Waals surface area contributed by atoms with Crippen molar-refractivity contribution in [2.75, 3.05) is 25.4 Å². The Morgan fingerprint density at radius 2 is 1.94 bits per heavy atom. The Kier molecular flexibility index (Phi) is 6.72. The van der Waals surface area contributed by atoms with Crippen LogP contribution >= 0.6 is 23.1 Å². The van der Waals surface area contributed by atoms with Crippen LogP contribution in [0.1, 0.15) is 18.4 Å². The molecular weight excluding hydrogens is 434 g/mol. The summed E-state index contributed by atoms with van der Waals surface area (Å²) in [6, 6.07) is 23.3. The van der Waals surface area contributed by atoms with Crippen LogP contribution in [-0.2, 0) is 11.3 Å². The largest absolute Gasteiger partial charge is 0.355 e. The van der Waals surface area contributed by atoms with E-state index < -0.39 is 0 Å². The normalized spacial score (nSPS) is 17.1. The summed E-state index contributed by atoms with van der Waals surface area (Å²) in [4.78, 5) is 19.6. The number of thioether (sulfide) groups is 1. The topological polar surface area (TPSA) is 45.2 Å². The van der Waals surface area contributed by atoms with Crippen LogP contribution in [0.15, 0.2) is 71.1 Å². The van der Waals surface area contributed by atoms with Crippen molar-refractivity contribution < 1.29 is 4.79 Å². The molecule has 4 nitrogen and oxygen atoms in total. The van der Waals surface area contributed by atoms with E-state index >= 15 is 0 Å². The van der Waals surface area contributed by atoms with Crippen LogP contribution in [0.5, 0.6) is 0 Å². The fourth-order valence-corrected chi connectivity index (χ4v) is 6.38. The number of para-hydroxylation sites is 1. The van der Waals surface area contributed by atoms with Gasteiger partial charge in [-0.05, 0) is 53.8 Å². The summed E-state index contributed by atoms with van der Waals surface area (Å²) in [5, 5.41) is 5.81. The van der Waals surface area contributed by atoms with Crippen molar-refractivity contribution in [1.82, 2.24) is 15.2 Å². The molecule has 1 aromatic heterocycles. The molecular formula is C26H27N3OS2. The van der Waals surface area contributed by atoms with Crippen molar-refractivity contribution in [3.05, 3.63) is 72.3 Å². The molecule has 2 heterocycles. The average molecular weight is 462 g/mol. The lowest BCUT2D eigenvalue weighted by molar-refractivity contribution is -0.118. The van der Waals surface area contributed by atoms with E-state index in [0.29, 0.717) is 11.7 Å². The summed E-state index contributed by atoms with van der Waals surface area (Å²) in [5.74, 6) is 1.03. The minimum atomic E-state index is 0.0976. The Morgan fingerprint density at radius 1 is 1.09 bits per heavy atom. The molecule has 1 atom stereocenters. The zero-order valence-corrected chi connectivity index (χ0v) is 19.6. The second-order valence-corrected chi connectivity index (χ2v) is 10.7. The van der Waals surface area contributed by atoms with E-state index in [9.17, 15) is 4.79 Å². The zero-order chi connectivity index (χ0) is 21.8. The predicted molar refractivity (Wildman–Crippen MR) is 135 cm³/mol. The number of aromatic nitrogens is 1. The van der Waals surface area contributed by atoms with E-state index in [1.807, 2.05) is 18.2 Å². The van der Waals surface area contributed by atoms with Gasteiger partial charge in [0.05, 0.1) is 16.0 Å². The number of likely N-dealkylation sites (tertiary alicyclic amines) is 1. The minimum absolute atomic E-state index is 0.0976. The molecule has 0 radical (unpaired) electrons. The van der Waals surface area contributed by atoms with E-state index in [4.69, 9.17) is 0 Å². The van der Waals surface area contributed by atoms with Crippen LogP contribution in [0.2, 0.25) is 0 Å². The molecule has 0 bridgehead atoms. The summed E-state index contributed by atoms with van der Waals surface area (Å²) in [5.41, 5.74) is 2.40. The lowest BCUT2D eigenvalue weighted by Gasteiger charge is -2.33. The number of hydrogen-bond donors (Lipinski definition) is 1. The molecule has 1 unspecified atom stereocenters. The van der Waals surface area contributed by atoms with Crippen molar-refractivity contribution in [3.63, 3.8) is 0 Å². The van der Waals surface area contributed by atoms with Gasteiger partial charge < -0.3 is 5.32 Å². The lowest BCUT2D eigenvalue weighted by atomic mass is 9.96. The highest BCUT2D eigenvalue weighted by molar-refractivity contribution is 8.01. The highest BCUT2D eigenvalue weighted by atomic mass is 32.2. The number of benzene rings is 3. The van der Waals surface area contributed by atoms with Gasteiger partial charge in [0.15, 0.2) is 4.34 Å². The van der Waals surface area contributed by atoms with E-state index in [1.54, 1.807) is 11.3 Å². The van der Waals surface area contributed by atoms with Gasteiger partial charge in [0.25, 0.3) is 0 Å². The van der Waals surface area contributed by atoms with Crippen LogP contribution in [-0.4, -0.2) is 41.2 Å². The van der Waals surface area contributed by atoms with Gasteiger partial charge in [0.1, 0.15) is 0 Å². The van der Waals surface area contributed by atoms with Crippen LogP contribution < -0.4 is 5.32 Å². The summed E-state index contributed by atoms with van der Waals surface area (Å²) >= 11 is 3.18. The Morgan fingerprint density at radius 3 is 2.88 bits per heavy atom. The Hall–Kier alpha value is -2.41. The molecule has 1 N–H and O–H groups in total. The van der Waals surface area contributed by atoms with Gasteiger partial charge in [-0.2, -0.15) is 0 Å². The maximum Gasteiger partial charge on any atom is 0.230 e. The van der Waals surface area contributed by atoms with Crippen molar-refractivity contribution in [3.8, 4) is 0 Å². The predicted octanol–water partition coefficient (Wildman–Crippen LogP) is 5.57. The number of nitrogens with one attached hydrogen (secondary N) is 1. The van der Waals surface area contributed by atoms with Crippen LogP contribution in [0.4, 0.5) is 0 Å². The maximum atomic E-state index is 12.4. The smallest absolute Gasteiger partial charge is 0.230 e. The molecule has 1 aliphatic rings. The molecule has 5 rings (SSSR count). The third-order valence-electron chi connectivity index (χ3n) is 6.07. The first-order valence-electron chi connectivity index (χ1n) is 11.2. The number of nitrogens with zero attached hydrogens (tertiary/aromatic N) is 2. The third-order valence-corrected chi connectivity index (χ3v) is 8.25. The Bertz CT molecular complexity index is 1180. The van der Waals surface area contributed by atoms with Gasteiger partial charge in [-0.3, -0.25) is 9.69 Å². The van der Waals surface area contributed by atoms with E-state index in [1.165, 1.54) is 45.6 Å². The van der Waals surface area contributed by atoms with Gasteiger partial charge in [-0.1, -0.05) is 66.4 Å². The highest BCUT2D eigenvalue weighted by Crippen LogP contribution is 2.29. The standard InChI is InChI=1S/C26H27N3OS2/c30-25(18-31-26-28-23-12-3-4-13-24(23)32-26)27-15-19-7-6-14-29(16-19)17-21-10-5-9-20-8-1-2-11-22(20)21/h1-5,8-13,19H,6-7,14-18H2,(H,27,30). The summed E-state index contributed by atoms with van der Waals surface area (Å²) in [6.07, 6.45) is 2.36. The van der Waals surface area contributed by atoms with E-state index in [2.05, 4.69) is 63.7 Å². The SMILES string of the molecule is O=C(CSc1nc2ccccc2s1)NCC1CCCN(Cc2cccc3ccccc23)C1. The second kappa shape index (κ2) is 10.0. The molecule has 4 aromatic rings. The number of thiazole rings is 1. The zero-order valence-electron chi connectivity index (χ0n) is 18.0. The quantitative estimate of drug-likeness (QED) is 0.366. The maximum absolute atomic E-state index is 12.4. The van der Waals surface area contributed by atoms with E-state index in [0.717, 1.165) is 36.0 Å². The molecule has 32 heavy (non-hydrogen) atoms. The summed E-state index contributed by atoms with van der Waals surface area (Å²) in [6.45, 7) is 3.89. The molecule has 1 saturated heterocycles. The third kappa shape index (κ3) is 5.14. The highest BCUT2D eigenvalue weighted by Gasteiger charge is 2.21. The molecule has 1 amide bonds. The van der Waals surface area contributed by atoms with Gasteiger partial charge in [0.2, 0.25) is 5.91 Å². The van der Waals surface area contributed by atoms with Crippen molar-refractivity contribution in [1.29, 1.82) is 0 Å².